The fraction of sp³-hybridized carbons (Fsp3) is 0.143. The topological polar surface area (TPSA) is 75.4 Å². The second-order valence-electron chi connectivity index (χ2n) is 4.40. The number of rotatable bonds is 4. The first-order valence-corrected chi connectivity index (χ1v) is 5.93. The van der Waals surface area contributed by atoms with E-state index < -0.39 is 10.7 Å². The quantitative estimate of drug-likeness (QED) is 0.663. The van der Waals surface area contributed by atoms with E-state index in [1.807, 2.05) is 0 Å². The zero-order valence-corrected chi connectivity index (χ0v) is 10.8. The number of non-ortho nitro benzene ring substituents is 1. The molecule has 0 unspecified atom stereocenters. The zero-order chi connectivity index (χ0) is 14.7. The molecule has 0 fully saturated rings. The summed E-state index contributed by atoms with van der Waals surface area (Å²) in [5.41, 5.74) is 2.17. The van der Waals surface area contributed by atoms with Gasteiger partial charge in [0.15, 0.2) is 11.6 Å². The van der Waals surface area contributed by atoms with Gasteiger partial charge in [0.1, 0.15) is 0 Å². The first kappa shape index (κ1) is 13.8. The van der Waals surface area contributed by atoms with Crippen LogP contribution >= 0.6 is 0 Å². The minimum absolute atomic E-state index is 0.0312. The van der Waals surface area contributed by atoms with Gasteiger partial charge >= 0.3 is 0 Å². The summed E-state index contributed by atoms with van der Waals surface area (Å²) in [7, 11) is 0. The summed E-state index contributed by atoms with van der Waals surface area (Å²) in [6.07, 6.45) is 0. The Labute approximate surface area is 114 Å². The van der Waals surface area contributed by atoms with Crippen LogP contribution in [0.1, 0.15) is 11.1 Å². The number of nitrogens with zero attached hydrogens (tertiary/aromatic N) is 1. The number of hydrogen-bond acceptors (Lipinski definition) is 4. The van der Waals surface area contributed by atoms with Gasteiger partial charge in [-0.25, -0.2) is 4.39 Å². The van der Waals surface area contributed by atoms with E-state index in [2.05, 4.69) is 5.32 Å². The van der Waals surface area contributed by atoms with Crippen molar-refractivity contribution < 1.29 is 14.4 Å². The number of aryl methyl sites for hydroxylation is 1. The number of hydrogen-bond donors (Lipinski definition) is 2. The Balaban J connectivity index is 2.10. The van der Waals surface area contributed by atoms with Crippen LogP contribution in [0.2, 0.25) is 0 Å². The van der Waals surface area contributed by atoms with Crippen LogP contribution in [-0.2, 0) is 6.54 Å². The van der Waals surface area contributed by atoms with Gasteiger partial charge in [-0.2, -0.15) is 0 Å². The van der Waals surface area contributed by atoms with Gasteiger partial charge in [0.25, 0.3) is 5.69 Å². The number of aromatic hydroxyl groups is 1. The molecule has 2 N–H and O–H groups in total. The van der Waals surface area contributed by atoms with Crippen LogP contribution in [0.3, 0.4) is 0 Å². The number of nitrogens with one attached hydrogen (secondary N) is 1. The van der Waals surface area contributed by atoms with Gasteiger partial charge < -0.3 is 10.4 Å². The largest absolute Gasteiger partial charge is 0.505 e. The minimum atomic E-state index is -0.676. The van der Waals surface area contributed by atoms with Crippen molar-refractivity contribution in [3.63, 3.8) is 0 Å². The summed E-state index contributed by atoms with van der Waals surface area (Å²) in [6, 6.07) is 8.63. The van der Waals surface area contributed by atoms with Crippen LogP contribution in [0, 0.1) is 22.9 Å². The highest BCUT2D eigenvalue weighted by Crippen LogP contribution is 2.22. The van der Waals surface area contributed by atoms with Crippen LogP contribution in [0.5, 0.6) is 5.75 Å². The summed E-state index contributed by atoms with van der Waals surface area (Å²) in [4.78, 5) is 10.2. The van der Waals surface area contributed by atoms with E-state index in [1.54, 1.807) is 19.1 Å². The summed E-state index contributed by atoms with van der Waals surface area (Å²) in [6.45, 7) is 2.11. The fourth-order valence-electron chi connectivity index (χ4n) is 1.82. The molecule has 104 valence electrons. The van der Waals surface area contributed by atoms with Gasteiger partial charge in [-0.05, 0) is 36.2 Å². The van der Waals surface area contributed by atoms with Gasteiger partial charge in [-0.15, -0.1) is 0 Å². The molecule has 0 radical (unpaired) electrons. The fourth-order valence-corrected chi connectivity index (χ4v) is 1.82. The van der Waals surface area contributed by atoms with Crippen molar-refractivity contribution >= 4 is 11.4 Å². The Morgan fingerprint density at radius 1 is 1.30 bits per heavy atom. The molecule has 0 heterocycles. The first-order chi connectivity index (χ1) is 9.47. The zero-order valence-electron chi connectivity index (χ0n) is 10.8. The molecule has 2 aromatic rings. The van der Waals surface area contributed by atoms with Gasteiger partial charge in [-0.1, -0.05) is 6.07 Å². The highest BCUT2D eigenvalue weighted by Gasteiger charge is 2.08. The molecule has 0 saturated carbocycles. The molecule has 0 saturated heterocycles. The lowest BCUT2D eigenvalue weighted by molar-refractivity contribution is -0.384. The predicted molar refractivity (Wildman–Crippen MR) is 73.2 cm³/mol. The van der Waals surface area contributed by atoms with Crippen molar-refractivity contribution in [3.05, 3.63) is 63.5 Å². The second kappa shape index (κ2) is 5.56. The normalized spacial score (nSPS) is 10.3. The lowest BCUT2D eigenvalue weighted by atomic mass is 10.1. The molecule has 0 aromatic heterocycles. The molecule has 2 aromatic carbocycles. The van der Waals surface area contributed by atoms with Crippen molar-refractivity contribution in [1.82, 2.24) is 0 Å². The van der Waals surface area contributed by atoms with E-state index in [0.717, 1.165) is 11.3 Å². The van der Waals surface area contributed by atoms with Crippen LogP contribution in [0.4, 0.5) is 15.8 Å². The highest BCUT2D eigenvalue weighted by atomic mass is 19.1. The van der Waals surface area contributed by atoms with Gasteiger partial charge in [0.2, 0.25) is 0 Å². The van der Waals surface area contributed by atoms with E-state index >= 15 is 0 Å². The number of benzene rings is 2. The molecule has 20 heavy (non-hydrogen) atoms. The molecule has 0 bridgehead atoms. The van der Waals surface area contributed by atoms with Crippen molar-refractivity contribution in [1.29, 1.82) is 0 Å². The van der Waals surface area contributed by atoms with Crippen molar-refractivity contribution in [2.24, 2.45) is 0 Å². The average Bonchev–Trinajstić information content (AvgIpc) is 2.41. The van der Waals surface area contributed by atoms with Crippen molar-refractivity contribution in [2.75, 3.05) is 5.32 Å². The van der Waals surface area contributed by atoms with Gasteiger partial charge in [0.05, 0.1) is 4.92 Å². The lowest BCUT2D eigenvalue weighted by Crippen LogP contribution is -2.02. The average molecular weight is 276 g/mol. The lowest BCUT2D eigenvalue weighted by Gasteiger charge is -2.09. The Bertz CT molecular complexity index is 659. The molecule has 0 aliphatic rings. The molecular weight excluding hydrogens is 263 g/mol. The van der Waals surface area contributed by atoms with Crippen molar-refractivity contribution in [2.45, 2.75) is 13.5 Å². The summed E-state index contributed by atoms with van der Waals surface area (Å²) in [5.74, 6) is -1.06. The van der Waals surface area contributed by atoms with E-state index in [0.29, 0.717) is 12.1 Å². The van der Waals surface area contributed by atoms with E-state index in [9.17, 15) is 14.5 Å². The number of anilines is 1. The van der Waals surface area contributed by atoms with Crippen LogP contribution in [0.25, 0.3) is 0 Å². The maximum atomic E-state index is 13.2. The Morgan fingerprint density at radius 2 is 2.05 bits per heavy atom. The molecule has 5 nitrogen and oxygen atoms in total. The Morgan fingerprint density at radius 3 is 2.65 bits per heavy atom. The molecule has 6 heteroatoms. The molecule has 0 spiro atoms. The summed E-state index contributed by atoms with van der Waals surface area (Å²) < 4.78 is 13.2. The molecule has 0 aliphatic heterocycles. The number of nitro groups is 1. The van der Waals surface area contributed by atoms with Crippen LogP contribution in [0.15, 0.2) is 36.4 Å². The van der Waals surface area contributed by atoms with Gasteiger partial charge in [0, 0.05) is 24.4 Å². The number of phenols is 1. The molecule has 0 atom stereocenters. The highest BCUT2D eigenvalue weighted by molar-refractivity contribution is 5.55. The monoisotopic (exact) mass is 276 g/mol. The van der Waals surface area contributed by atoms with Crippen molar-refractivity contribution in [3.8, 4) is 5.75 Å². The first-order valence-electron chi connectivity index (χ1n) is 5.93. The van der Waals surface area contributed by atoms with Crippen LogP contribution < -0.4 is 5.32 Å². The smallest absolute Gasteiger partial charge is 0.269 e. The molecule has 2 rings (SSSR count). The SMILES string of the molecule is Cc1cc([N+](=O)[O-])ccc1NCc1ccc(O)c(F)c1. The number of halogens is 1. The third-order valence-electron chi connectivity index (χ3n) is 2.92. The molecular formula is C14H13FN2O3. The Kier molecular flexibility index (Phi) is 3.84. The Hall–Kier alpha value is -2.63. The second-order valence-corrected chi connectivity index (χ2v) is 4.40. The summed E-state index contributed by atoms with van der Waals surface area (Å²) in [5, 5.41) is 22.8. The summed E-state index contributed by atoms with van der Waals surface area (Å²) >= 11 is 0. The third kappa shape index (κ3) is 3.03. The van der Waals surface area contributed by atoms with Crippen LogP contribution in [-0.4, -0.2) is 10.0 Å². The third-order valence-corrected chi connectivity index (χ3v) is 2.92. The van der Waals surface area contributed by atoms with E-state index in [-0.39, 0.29) is 11.4 Å². The maximum absolute atomic E-state index is 13.2. The maximum Gasteiger partial charge on any atom is 0.269 e. The standard InChI is InChI=1S/C14H13FN2O3/c1-9-6-11(17(19)20)3-4-13(9)16-8-10-2-5-14(18)12(15)7-10/h2-7,16,18H,8H2,1H3. The molecule has 0 aliphatic carbocycles. The predicted octanol–water partition coefficient (Wildman–Crippen LogP) is 3.36. The van der Waals surface area contributed by atoms with Gasteiger partial charge in [-0.3, -0.25) is 10.1 Å². The van der Waals surface area contributed by atoms with E-state index in [4.69, 9.17) is 5.11 Å². The minimum Gasteiger partial charge on any atom is -0.505 e. The number of phenolic OH excluding ortho intramolecular Hbond substituents is 1. The molecule has 0 amide bonds. The van der Waals surface area contributed by atoms with E-state index in [1.165, 1.54) is 24.3 Å². The number of nitro benzene ring substituents is 1.